The number of hydrogen-bond acceptors (Lipinski definition) is 6. The molecule has 1 unspecified atom stereocenters. The molecule has 3 amide bonds. The Morgan fingerprint density at radius 2 is 1.82 bits per heavy atom. The molecule has 3 rings (SSSR count). The molecule has 1 aliphatic rings. The molecule has 40 heavy (non-hydrogen) atoms. The van der Waals surface area contributed by atoms with Crippen molar-refractivity contribution in [2.45, 2.75) is 44.8 Å². The molecule has 0 saturated carbocycles. The lowest BCUT2D eigenvalue weighted by atomic mass is 9.97. The number of aliphatic hydroxyl groups excluding tert-OH is 1. The van der Waals surface area contributed by atoms with Crippen LogP contribution < -0.4 is 20.7 Å². The van der Waals surface area contributed by atoms with Gasteiger partial charge < -0.3 is 30.7 Å². The van der Waals surface area contributed by atoms with Crippen LogP contribution in [0.25, 0.3) is 6.08 Å². The highest BCUT2D eigenvalue weighted by Gasteiger charge is 2.34. The Hall–Kier alpha value is -3.40. The van der Waals surface area contributed by atoms with Gasteiger partial charge in [-0.05, 0) is 29.7 Å². The number of amides is 3. The normalized spacial score (nSPS) is 22.3. The number of halogens is 1. The summed E-state index contributed by atoms with van der Waals surface area (Å²) in [6.45, 7) is 4.29. The fraction of sp³-hybridized carbons (Fsp3) is 0.433. The number of para-hydroxylation sites is 1. The van der Waals surface area contributed by atoms with Gasteiger partial charge in [0, 0.05) is 37.1 Å². The van der Waals surface area contributed by atoms with Crippen molar-refractivity contribution in [2.75, 3.05) is 33.4 Å². The summed E-state index contributed by atoms with van der Waals surface area (Å²) in [6, 6.07) is 11.8. The van der Waals surface area contributed by atoms with Crippen LogP contribution in [0.4, 0.5) is 0 Å². The monoisotopic (exact) mass is 570 g/mol. The molecule has 1 aliphatic heterocycles. The molecule has 0 fully saturated rings. The Bertz CT molecular complexity index is 1170. The lowest BCUT2D eigenvalue weighted by molar-refractivity contribution is -0.143. The zero-order chi connectivity index (χ0) is 29.1. The number of carbonyl (C=O) groups is 3. The fourth-order valence-electron chi connectivity index (χ4n) is 4.45. The minimum Gasteiger partial charge on any atom is -0.492 e. The van der Waals surface area contributed by atoms with Crippen molar-refractivity contribution >= 4 is 35.4 Å². The van der Waals surface area contributed by atoms with Gasteiger partial charge in [-0.25, -0.2) is 0 Å². The van der Waals surface area contributed by atoms with Crippen LogP contribution in [0.5, 0.6) is 5.75 Å². The van der Waals surface area contributed by atoms with Gasteiger partial charge in [-0.1, -0.05) is 74.4 Å². The molecule has 0 radical (unpaired) electrons. The lowest BCUT2D eigenvalue weighted by Crippen LogP contribution is -2.59. The van der Waals surface area contributed by atoms with E-state index < -0.39 is 36.5 Å². The highest BCUT2D eigenvalue weighted by Crippen LogP contribution is 2.20. The Balaban J connectivity index is 1.92. The first-order chi connectivity index (χ1) is 19.2. The Labute approximate surface area is 240 Å². The lowest BCUT2D eigenvalue weighted by Gasteiger charge is -2.33. The third-order valence-electron chi connectivity index (χ3n) is 7.09. The zero-order valence-corrected chi connectivity index (χ0v) is 24.0. The van der Waals surface area contributed by atoms with Gasteiger partial charge >= 0.3 is 0 Å². The number of nitrogens with one attached hydrogen (secondary N) is 3. The van der Waals surface area contributed by atoms with Gasteiger partial charge in [-0.3, -0.25) is 14.4 Å². The molecule has 0 aliphatic carbocycles. The molecule has 10 heteroatoms. The number of likely N-dealkylation sites (N-methyl/N-ethyl adjacent to an activating group) is 1. The predicted octanol–water partition coefficient (Wildman–Crippen LogP) is 2.41. The molecule has 2 aromatic carbocycles. The zero-order valence-electron chi connectivity index (χ0n) is 23.2. The molecule has 0 saturated heterocycles. The molecular formula is C30H39ClN4O5. The van der Waals surface area contributed by atoms with E-state index >= 15 is 0 Å². The van der Waals surface area contributed by atoms with Gasteiger partial charge in [0.1, 0.15) is 24.4 Å². The van der Waals surface area contributed by atoms with Crippen LogP contribution in [-0.2, 0) is 20.8 Å². The van der Waals surface area contributed by atoms with Crippen LogP contribution in [0.15, 0.2) is 54.6 Å². The molecule has 1 heterocycles. The molecular weight excluding hydrogens is 532 g/mol. The summed E-state index contributed by atoms with van der Waals surface area (Å²) in [5.74, 6) is -0.703. The van der Waals surface area contributed by atoms with Crippen LogP contribution in [-0.4, -0.2) is 79.2 Å². The molecule has 0 spiro atoms. The maximum absolute atomic E-state index is 13.6. The molecule has 4 atom stereocenters. The van der Waals surface area contributed by atoms with Crippen LogP contribution in [0.1, 0.15) is 31.4 Å². The molecule has 9 nitrogen and oxygen atoms in total. The molecule has 4 N–H and O–H groups in total. The molecule has 0 bridgehead atoms. The highest BCUT2D eigenvalue weighted by molar-refractivity contribution is 6.30. The minimum absolute atomic E-state index is 0.0402. The third kappa shape index (κ3) is 8.55. The maximum Gasteiger partial charge on any atom is 0.245 e. The van der Waals surface area contributed by atoms with E-state index in [-0.39, 0.29) is 24.8 Å². The SMILES string of the molecule is CCC(C)[C@@H]1NCCOc2ccccc2C=CCNC(=O)[C@@H](Cc2ccc(Cl)cc2)NC(=O)[C@H](CO)N(C)C1=O. The number of nitrogens with zero attached hydrogens (tertiary/aromatic N) is 1. The summed E-state index contributed by atoms with van der Waals surface area (Å²) >= 11 is 6.01. The summed E-state index contributed by atoms with van der Waals surface area (Å²) in [5.41, 5.74) is 1.64. The fourth-order valence-corrected chi connectivity index (χ4v) is 4.57. The summed E-state index contributed by atoms with van der Waals surface area (Å²) in [6.07, 6.45) is 4.60. The Morgan fingerprint density at radius 1 is 1.10 bits per heavy atom. The van der Waals surface area contributed by atoms with E-state index in [0.717, 1.165) is 17.5 Å². The van der Waals surface area contributed by atoms with Crippen molar-refractivity contribution in [1.29, 1.82) is 0 Å². The molecule has 0 aromatic heterocycles. The number of carbonyl (C=O) groups excluding carboxylic acids is 3. The summed E-state index contributed by atoms with van der Waals surface area (Å²) in [4.78, 5) is 41.4. The van der Waals surface area contributed by atoms with Crippen LogP contribution in [0.2, 0.25) is 5.02 Å². The van der Waals surface area contributed by atoms with Crippen LogP contribution in [0, 0.1) is 5.92 Å². The van der Waals surface area contributed by atoms with E-state index in [0.29, 0.717) is 23.9 Å². The Kier molecular flexibility index (Phi) is 12.0. The first-order valence-electron chi connectivity index (χ1n) is 13.6. The van der Waals surface area contributed by atoms with Gasteiger partial charge in [0.2, 0.25) is 17.7 Å². The van der Waals surface area contributed by atoms with Crippen molar-refractivity contribution in [3.8, 4) is 5.75 Å². The Morgan fingerprint density at radius 3 is 2.52 bits per heavy atom. The number of aliphatic hydroxyl groups is 1. The molecule has 2 aromatic rings. The van der Waals surface area contributed by atoms with Gasteiger partial charge in [-0.15, -0.1) is 0 Å². The third-order valence-corrected chi connectivity index (χ3v) is 7.34. The maximum atomic E-state index is 13.6. The topological polar surface area (TPSA) is 120 Å². The minimum atomic E-state index is -1.18. The van der Waals surface area contributed by atoms with E-state index in [1.165, 1.54) is 11.9 Å². The van der Waals surface area contributed by atoms with Crippen LogP contribution in [0.3, 0.4) is 0 Å². The van der Waals surface area contributed by atoms with Gasteiger partial charge in [0.25, 0.3) is 0 Å². The van der Waals surface area contributed by atoms with Crippen LogP contribution >= 0.6 is 11.6 Å². The highest BCUT2D eigenvalue weighted by atomic mass is 35.5. The van der Waals surface area contributed by atoms with E-state index in [2.05, 4.69) is 16.0 Å². The molecule has 216 valence electrons. The van der Waals surface area contributed by atoms with E-state index in [9.17, 15) is 19.5 Å². The van der Waals surface area contributed by atoms with Gasteiger partial charge in [0.15, 0.2) is 0 Å². The van der Waals surface area contributed by atoms with E-state index in [1.54, 1.807) is 24.3 Å². The standard InChI is InChI=1S/C30H39ClN4O5/c1-4-20(2)27-30(39)35(3)25(19-36)29(38)34-24(18-21-11-13-23(31)14-12-21)28(37)33-15-7-9-22-8-5-6-10-26(22)40-17-16-32-27/h5-14,20,24-25,27,32,36H,4,15-19H2,1-3H3,(H,33,37)(H,34,38)/t20?,24-,25+,27+/m1/s1. The number of ether oxygens (including phenoxy) is 1. The average Bonchev–Trinajstić information content (AvgIpc) is 2.95. The predicted molar refractivity (Wildman–Crippen MR) is 156 cm³/mol. The number of hydrogen-bond donors (Lipinski definition) is 4. The quantitative estimate of drug-likeness (QED) is 0.438. The first kappa shape index (κ1) is 31.1. The first-order valence-corrected chi connectivity index (χ1v) is 13.9. The summed E-state index contributed by atoms with van der Waals surface area (Å²) in [5, 5.41) is 19.6. The van der Waals surface area contributed by atoms with Crippen molar-refractivity contribution in [2.24, 2.45) is 5.92 Å². The average molecular weight is 571 g/mol. The van der Waals surface area contributed by atoms with Gasteiger partial charge in [-0.2, -0.15) is 0 Å². The smallest absolute Gasteiger partial charge is 0.245 e. The van der Waals surface area contributed by atoms with Crippen molar-refractivity contribution in [1.82, 2.24) is 20.9 Å². The largest absolute Gasteiger partial charge is 0.492 e. The number of fused-ring (bicyclic) bond motifs is 1. The summed E-state index contributed by atoms with van der Waals surface area (Å²) in [7, 11) is 1.49. The van der Waals surface area contributed by atoms with Crippen molar-refractivity contribution < 1.29 is 24.2 Å². The second kappa shape index (κ2) is 15.4. The van der Waals surface area contributed by atoms with Gasteiger partial charge in [0.05, 0.1) is 12.6 Å². The van der Waals surface area contributed by atoms with Crippen molar-refractivity contribution in [3.63, 3.8) is 0 Å². The van der Waals surface area contributed by atoms with E-state index in [4.69, 9.17) is 16.3 Å². The number of rotatable bonds is 5. The summed E-state index contributed by atoms with van der Waals surface area (Å²) < 4.78 is 5.99. The number of benzene rings is 2. The second-order valence-electron chi connectivity index (χ2n) is 9.89. The van der Waals surface area contributed by atoms with E-state index in [1.807, 2.05) is 50.3 Å². The second-order valence-corrected chi connectivity index (χ2v) is 10.3. The van der Waals surface area contributed by atoms with Crippen molar-refractivity contribution in [3.05, 3.63) is 70.8 Å².